The summed E-state index contributed by atoms with van der Waals surface area (Å²) in [6.07, 6.45) is 3.63. The Kier molecular flexibility index (Phi) is 6.45. The molecule has 2 unspecified atom stereocenters. The SMILES string of the molecule is CCCNCC(C)(CC)CN(C)C1CCOC1. The normalized spacial score (nSPS) is 24.2. The third-order valence-corrected chi connectivity index (χ3v) is 3.99. The van der Waals surface area contributed by atoms with E-state index in [1.165, 1.54) is 19.3 Å². The number of nitrogens with one attached hydrogen (secondary N) is 1. The van der Waals surface area contributed by atoms with Crippen LogP contribution in [0.4, 0.5) is 0 Å². The van der Waals surface area contributed by atoms with Crippen molar-refractivity contribution in [1.82, 2.24) is 10.2 Å². The Balaban J connectivity index is 2.37. The minimum absolute atomic E-state index is 0.381. The van der Waals surface area contributed by atoms with Crippen molar-refractivity contribution in [2.24, 2.45) is 5.41 Å². The minimum atomic E-state index is 0.381. The molecule has 1 N–H and O–H groups in total. The van der Waals surface area contributed by atoms with Gasteiger partial charge in [-0.2, -0.15) is 0 Å². The molecule has 2 atom stereocenters. The first-order valence-electron chi connectivity index (χ1n) is 7.10. The Morgan fingerprint density at radius 3 is 2.71 bits per heavy atom. The summed E-state index contributed by atoms with van der Waals surface area (Å²) in [5.74, 6) is 0. The third kappa shape index (κ3) is 4.94. The van der Waals surface area contributed by atoms with Crippen molar-refractivity contribution >= 4 is 0 Å². The number of nitrogens with zero attached hydrogens (tertiary/aromatic N) is 1. The second-order valence-corrected chi connectivity index (χ2v) is 5.77. The van der Waals surface area contributed by atoms with E-state index in [-0.39, 0.29) is 0 Å². The first-order valence-corrected chi connectivity index (χ1v) is 7.10. The summed E-state index contributed by atoms with van der Waals surface area (Å²) < 4.78 is 5.47. The van der Waals surface area contributed by atoms with E-state index in [1.54, 1.807) is 0 Å². The molecule has 0 radical (unpaired) electrons. The van der Waals surface area contributed by atoms with E-state index in [0.29, 0.717) is 11.5 Å². The summed E-state index contributed by atoms with van der Waals surface area (Å²) in [5, 5.41) is 3.56. The largest absolute Gasteiger partial charge is 0.380 e. The third-order valence-electron chi connectivity index (χ3n) is 3.99. The Hall–Kier alpha value is -0.120. The first kappa shape index (κ1) is 14.9. The molecule has 0 aromatic rings. The van der Waals surface area contributed by atoms with Crippen LogP contribution >= 0.6 is 0 Å². The highest BCUT2D eigenvalue weighted by molar-refractivity contribution is 4.82. The maximum absolute atomic E-state index is 5.47. The number of hydrogen-bond donors (Lipinski definition) is 1. The van der Waals surface area contributed by atoms with Gasteiger partial charge >= 0.3 is 0 Å². The summed E-state index contributed by atoms with van der Waals surface area (Å²) in [7, 11) is 2.24. The van der Waals surface area contributed by atoms with Gasteiger partial charge in [-0.1, -0.05) is 20.8 Å². The lowest BCUT2D eigenvalue weighted by Crippen LogP contribution is -2.44. The van der Waals surface area contributed by atoms with Crippen LogP contribution in [0.1, 0.15) is 40.0 Å². The standard InChI is InChI=1S/C14H30N2O/c1-5-8-15-11-14(3,6-2)12-16(4)13-7-9-17-10-13/h13,15H,5-12H2,1-4H3. The molecular weight excluding hydrogens is 212 g/mol. The fraction of sp³-hybridized carbons (Fsp3) is 1.00. The fourth-order valence-electron chi connectivity index (χ4n) is 2.46. The van der Waals surface area contributed by atoms with Gasteiger partial charge in [0.2, 0.25) is 0 Å². The van der Waals surface area contributed by atoms with Crippen molar-refractivity contribution in [3.63, 3.8) is 0 Å². The average Bonchev–Trinajstić information content (AvgIpc) is 2.83. The second kappa shape index (κ2) is 7.34. The van der Waals surface area contributed by atoms with Crippen molar-refractivity contribution in [3.05, 3.63) is 0 Å². The Morgan fingerprint density at radius 2 is 2.18 bits per heavy atom. The van der Waals surface area contributed by atoms with Crippen LogP contribution in [0.2, 0.25) is 0 Å². The van der Waals surface area contributed by atoms with Crippen molar-refractivity contribution in [2.75, 3.05) is 39.9 Å². The summed E-state index contributed by atoms with van der Waals surface area (Å²) in [4.78, 5) is 2.49. The molecule has 1 saturated heterocycles. The number of likely N-dealkylation sites (N-methyl/N-ethyl adjacent to an activating group) is 1. The summed E-state index contributed by atoms with van der Waals surface area (Å²) in [6, 6.07) is 0.632. The average molecular weight is 242 g/mol. The van der Waals surface area contributed by atoms with Crippen molar-refractivity contribution in [1.29, 1.82) is 0 Å². The van der Waals surface area contributed by atoms with Gasteiger partial charge in [-0.3, -0.25) is 0 Å². The molecule has 0 spiro atoms. The lowest BCUT2D eigenvalue weighted by Gasteiger charge is -2.35. The molecule has 17 heavy (non-hydrogen) atoms. The van der Waals surface area contributed by atoms with Gasteiger partial charge in [0.05, 0.1) is 6.61 Å². The summed E-state index contributed by atoms with van der Waals surface area (Å²) >= 11 is 0. The van der Waals surface area contributed by atoms with Crippen LogP contribution in [0.15, 0.2) is 0 Å². The van der Waals surface area contributed by atoms with E-state index in [4.69, 9.17) is 4.74 Å². The maximum atomic E-state index is 5.47. The molecule has 3 heteroatoms. The van der Waals surface area contributed by atoms with Crippen LogP contribution in [-0.2, 0) is 4.74 Å². The molecule has 0 aliphatic carbocycles. The zero-order valence-electron chi connectivity index (χ0n) is 12.1. The molecule has 0 amide bonds. The van der Waals surface area contributed by atoms with Crippen molar-refractivity contribution in [3.8, 4) is 0 Å². The lowest BCUT2D eigenvalue weighted by molar-refractivity contribution is 0.119. The Bertz CT molecular complexity index is 204. The molecule has 1 aliphatic rings. The minimum Gasteiger partial charge on any atom is -0.380 e. The smallest absolute Gasteiger partial charge is 0.0622 e. The number of ether oxygens (including phenoxy) is 1. The van der Waals surface area contributed by atoms with Gasteiger partial charge in [-0.25, -0.2) is 0 Å². The molecular formula is C14H30N2O. The molecule has 0 saturated carbocycles. The molecule has 1 heterocycles. The van der Waals surface area contributed by atoms with E-state index < -0.39 is 0 Å². The molecule has 102 valence electrons. The van der Waals surface area contributed by atoms with Crippen LogP contribution in [0.3, 0.4) is 0 Å². The van der Waals surface area contributed by atoms with Gasteiger partial charge in [0, 0.05) is 25.7 Å². The van der Waals surface area contributed by atoms with Gasteiger partial charge in [-0.15, -0.1) is 0 Å². The first-order chi connectivity index (χ1) is 8.11. The highest BCUT2D eigenvalue weighted by atomic mass is 16.5. The molecule has 1 fully saturated rings. The van der Waals surface area contributed by atoms with Crippen LogP contribution in [0.5, 0.6) is 0 Å². The van der Waals surface area contributed by atoms with Gasteiger partial charge in [0.15, 0.2) is 0 Å². The van der Waals surface area contributed by atoms with E-state index in [9.17, 15) is 0 Å². The molecule has 0 aromatic heterocycles. The number of rotatable bonds is 8. The molecule has 1 aliphatic heterocycles. The van der Waals surface area contributed by atoms with E-state index in [0.717, 1.165) is 32.8 Å². The fourth-order valence-corrected chi connectivity index (χ4v) is 2.46. The summed E-state index contributed by atoms with van der Waals surface area (Å²) in [6.45, 7) is 12.2. The Morgan fingerprint density at radius 1 is 1.41 bits per heavy atom. The predicted molar refractivity (Wildman–Crippen MR) is 73.4 cm³/mol. The highest BCUT2D eigenvalue weighted by Gasteiger charge is 2.28. The topological polar surface area (TPSA) is 24.5 Å². The molecule has 0 aromatic carbocycles. The highest BCUT2D eigenvalue weighted by Crippen LogP contribution is 2.23. The van der Waals surface area contributed by atoms with Crippen molar-refractivity contribution in [2.45, 2.75) is 46.1 Å². The van der Waals surface area contributed by atoms with E-state index in [2.05, 4.69) is 38.0 Å². The maximum Gasteiger partial charge on any atom is 0.0622 e. The van der Waals surface area contributed by atoms with E-state index >= 15 is 0 Å². The Labute approximate surface area is 107 Å². The quantitative estimate of drug-likeness (QED) is 0.660. The van der Waals surface area contributed by atoms with Gasteiger partial charge in [0.1, 0.15) is 0 Å². The lowest BCUT2D eigenvalue weighted by atomic mass is 9.86. The predicted octanol–water partition coefficient (Wildman–Crippen LogP) is 2.12. The summed E-state index contributed by atoms with van der Waals surface area (Å²) in [5.41, 5.74) is 0.381. The zero-order valence-corrected chi connectivity index (χ0v) is 12.1. The van der Waals surface area contributed by atoms with Crippen LogP contribution in [0.25, 0.3) is 0 Å². The van der Waals surface area contributed by atoms with Crippen molar-refractivity contribution < 1.29 is 4.74 Å². The van der Waals surface area contributed by atoms with E-state index in [1.807, 2.05) is 0 Å². The molecule has 3 nitrogen and oxygen atoms in total. The van der Waals surface area contributed by atoms with Crippen LogP contribution in [-0.4, -0.2) is 50.8 Å². The van der Waals surface area contributed by atoms with Crippen LogP contribution < -0.4 is 5.32 Å². The molecule has 1 rings (SSSR count). The zero-order chi connectivity index (χ0) is 12.7. The van der Waals surface area contributed by atoms with Crippen LogP contribution in [0, 0.1) is 5.41 Å². The monoisotopic (exact) mass is 242 g/mol. The molecule has 0 bridgehead atoms. The second-order valence-electron chi connectivity index (χ2n) is 5.77. The van der Waals surface area contributed by atoms with Gasteiger partial charge < -0.3 is 15.0 Å². The van der Waals surface area contributed by atoms with Gasteiger partial charge in [-0.05, 0) is 38.3 Å². The number of hydrogen-bond acceptors (Lipinski definition) is 3. The van der Waals surface area contributed by atoms with Gasteiger partial charge in [0.25, 0.3) is 0 Å².